The Kier molecular flexibility index (Phi) is 4.47. The van der Waals surface area contributed by atoms with E-state index in [0.717, 1.165) is 17.4 Å². The second-order valence-corrected chi connectivity index (χ2v) is 6.87. The summed E-state index contributed by atoms with van der Waals surface area (Å²) >= 11 is 5.64. The van der Waals surface area contributed by atoms with E-state index in [2.05, 4.69) is 76.1 Å². The van der Waals surface area contributed by atoms with Crippen LogP contribution in [0.3, 0.4) is 0 Å². The summed E-state index contributed by atoms with van der Waals surface area (Å²) in [5, 5.41) is 4.27. The van der Waals surface area contributed by atoms with Crippen LogP contribution >= 0.6 is 12.2 Å². The molecule has 0 unspecified atom stereocenters. The molecule has 5 heteroatoms. The van der Waals surface area contributed by atoms with Gasteiger partial charge in [0.05, 0.1) is 17.8 Å². The molecule has 1 fully saturated rings. The lowest BCUT2D eigenvalue weighted by Crippen LogP contribution is -2.30. The van der Waals surface area contributed by atoms with Crippen LogP contribution in [0.25, 0.3) is 5.69 Å². The van der Waals surface area contributed by atoms with Crippen LogP contribution in [-0.4, -0.2) is 26.1 Å². The SMILES string of the molecule is CCN1C(=S)N[C@@H](c2ccccn2)[C@H]1c1ccc(C)n1-c1ccccc1. The third-order valence-electron chi connectivity index (χ3n) is 4.96. The topological polar surface area (TPSA) is 33.1 Å². The number of para-hydroxylation sites is 1. The van der Waals surface area contributed by atoms with Gasteiger partial charge in [-0.25, -0.2) is 0 Å². The largest absolute Gasteiger partial charge is 0.352 e. The molecular weight excluding hydrogens is 340 g/mol. The fourth-order valence-electron chi connectivity index (χ4n) is 3.79. The van der Waals surface area contributed by atoms with Gasteiger partial charge in [0.15, 0.2) is 5.11 Å². The number of thiocarbonyl (C=S) groups is 1. The molecule has 0 radical (unpaired) electrons. The number of aryl methyl sites for hydroxylation is 1. The highest BCUT2D eigenvalue weighted by Crippen LogP contribution is 2.39. The quantitative estimate of drug-likeness (QED) is 0.706. The summed E-state index contributed by atoms with van der Waals surface area (Å²) in [6.45, 7) is 5.13. The number of rotatable bonds is 4. The van der Waals surface area contributed by atoms with Gasteiger partial charge in [-0.05, 0) is 62.5 Å². The van der Waals surface area contributed by atoms with Crippen molar-refractivity contribution in [3.63, 3.8) is 0 Å². The average Bonchev–Trinajstić information content (AvgIpc) is 3.22. The predicted octanol–water partition coefficient (Wildman–Crippen LogP) is 4.17. The summed E-state index contributed by atoms with van der Waals surface area (Å²) in [5.74, 6) is 0. The number of nitrogens with zero attached hydrogens (tertiary/aromatic N) is 3. The molecule has 1 saturated heterocycles. The minimum absolute atomic E-state index is 0.0282. The van der Waals surface area contributed by atoms with Crippen LogP contribution in [0.2, 0.25) is 0 Å². The van der Waals surface area contributed by atoms with Crippen molar-refractivity contribution in [1.29, 1.82) is 0 Å². The highest BCUT2D eigenvalue weighted by Gasteiger charge is 2.40. The lowest BCUT2D eigenvalue weighted by atomic mass is 10.0. The van der Waals surface area contributed by atoms with Crippen LogP contribution in [0.1, 0.15) is 36.1 Å². The van der Waals surface area contributed by atoms with Crippen molar-refractivity contribution in [3.8, 4) is 5.69 Å². The molecule has 0 amide bonds. The van der Waals surface area contributed by atoms with Crippen molar-refractivity contribution >= 4 is 17.3 Å². The lowest BCUT2D eigenvalue weighted by molar-refractivity contribution is 0.320. The number of aromatic nitrogens is 2. The minimum Gasteiger partial charge on any atom is -0.352 e. The van der Waals surface area contributed by atoms with E-state index in [1.807, 2.05) is 24.4 Å². The molecule has 2 atom stereocenters. The third-order valence-corrected chi connectivity index (χ3v) is 5.31. The number of hydrogen-bond acceptors (Lipinski definition) is 2. The molecule has 1 aliphatic rings. The van der Waals surface area contributed by atoms with Gasteiger partial charge >= 0.3 is 0 Å². The Labute approximate surface area is 159 Å². The van der Waals surface area contributed by atoms with Gasteiger partial charge < -0.3 is 14.8 Å². The molecule has 1 aliphatic heterocycles. The van der Waals surface area contributed by atoms with E-state index in [-0.39, 0.29) is 12.1 Å². The van der Waals surface area contributed by atoms with E-state index < -0.39 is 0 Å². The summed E-state index contributed by atoms with van der Waals surface area (Å²) in [5.41, 5.74) is 4.60. The molecule has 2 aromatic heterocycles. The Hall–Kier alpha value is -2.66. The molecule has 0 saturated carbocycles. The van der Waals surface area contributed by atoms with Crippen LogP contribution < -0.4 is 5.32 Å². The number of pyridine rings is 1. The van der Waals surface area contributed by atoms with Crippen LogP contribution in [0.5, 0.6) is 0 Å². The zero-order valence-corrected chi connectivity index (χ0v) is 15.8. The average molecular weight is 363 g/mol. The van der Waals surface area contributed by atoms with Crippen molar-refractivity contribution in [2.45, 2.75) is 25.9 Å². The van der Waals surface area contributed by atoms with Gasteiger partial charge in [-0.1, -0.05) is 24.3 Å². The van der Waals surface area contributed by atoms with Gasteiger partial charge in [-0.2, -0.15) is 0 Å². The van der Waals surface area contributed by atoms with Crippen LogP contribution in [-0.2, 0) is 0 Å². The van der Waals surface area contributed by atoms with Gasteiger partial charge in [0.2, 0.25) is 0 Å². The lowest BCUT2D eigenvalue weighted by Gasteiger charge is -2.28. The predicted molar refractivity (Wildman–Crippen MR) is 108 cm³/mol. The van der Waals surface area contributed by atoms with Gasteiger partial charge in [0.25, 0.3) is 0 Å². The van der Waals surface area contributed by atoms with Crippen molar-refractivity contribution in [3.05, 3.63) is 83.9 Å². The standard InChI is InChI=1S/C21H22N4S/c1-3-24-20(19(23-21(24)26)17-11-7-8-14-22-17)18-13-12-15(2)25(18)16-9-5-4-6-10-16/h4-14,19-20H,3H2,1-2H3,(H,23,26)/t19-,20+/m0/s1. The van der Waals surface area contributed by atoms with E-state index in [1.165, 1.54) is 17.1 Å². The van der Waals surface area contributed by atoms with Gasteiger partial charge in [0.1, 0.15) is 0 Å². The van der Waals surface area contributed by atoms with Crippen molar-refractivity contribution in [2.75, 3.05) is 6.54 Å². The molecule has 1 N–H and O–H groups in total. The molecule has 0 aliphatic carbocycles. The normalized spacial score (nSPS) is 19.6. The molecule has 26 heavy (non-hydrogen) atoms. The molecule has 4 nitrogen and oxygen atoms in total. The van der Waals surface area contributed by atoms with Crippen LogP contribution in [0.15, 0.2) is 66.9 Å². The Balaban J connectivity index is 1.85. The summed E-state index contributed by atoms with van der Waals surface area (Å²) in [4.78, 5) is 6.84. The molecule has 0 bridgehead atoms. The zero-order chi connectivity index (χ0) is 18.1. The zero-order valence-electron chi connectivity index (χ0n) is 15.0. The Morgan fingerprint density at radius 3 is 2.50 bits per heavy atom. The molecular formula is C21H22N4S. The van der Waals surface area contributed by atoms with Crippen LogP contribution in [0, 0.1) is 6.92 Å². The van der Waals surface area contributed by atoms with Crippen molar-refractivity contribution in [2.24, 2.45) is 0 Å². The van der Waals surface area contributed by atoms with E-state index in [9.17, 15) is 0 Å². The number of hydrogen-bond donors (Lipinski definition) is 1. The highest BCUT2D eigenvalue weighted by atomic mass is 32.1. The second kappa shape index (κ2) is 6.92. The smallest absolute Gasteiger partial charge is 0.170 e. The van der Waals surface area contributed by atoms with E-state index in [1.54, 1.807) is 0 Å². The van der Waals surface area contributed by atoms with Gasteiger partial charge in [0, 0.05) is 29.8 Å². The van der Waals surface area contributed by atoms with Crippen molar-refractivity contribution < 1.29 is 0 Å². The summed E-state index contributed by atoms with van der Waals surface area (Å²) in [7, 11) is 0. The minimum atomic E-state index is 0.0282. The van der Waals surface area contributed by atoms with Crippen LogP contribution in [0.4, 0.5) is 0 Å². The first-order valence-electron chi connectivity index (χ1n) is 8.92. The number of nitrogens with one attached hydrogen (secondary N) is 1. The third kappa shape index (κ3) is 2.78. The maximum atomic E-state index is 5.64. The Morgan fingerprint density at radius 2 is 1.81 bits per heavy atom. The molecule has 1 aromatic carbocycles. The first-order valence-corrected chi connectivity index (χ1v) is 9.33. The van der Waals surface area contributed by atoms with Crippen molar-refractivity contribution in [1.82, 2.24) is 19.8 Å². The maximum absolute atomic E-state index is 5.64. The summed E-state index contributed by atoms with van der Waals surface area (Å²) in [6.07, 6.45) is 1.84. The fraction of sp³-hybridized carbons (Fsp3) is 0.238. The molecule has 4 rings (SSSR count). The van der Waals surface area contributed by atoms with E-state index in [4.69, 9.17) is 12.2 Å². The Bertz CT molecular complexity index is 904. The summed E-state index contributed by atoms with van der Waals surface area (Å²) in [6, 6.07) is 21.0. The number of likely N-dealkylation sites (N-methyl/N-ethyl adjacent to an activating group) is 1. The Morgan fingerprint density at radius 1 is 1.04 bits per heavy atom. The highest BCUT2D eigenvalue weighted by molar-refractivity contribution is 7.80. The van der Waals surface area contributed by atoms with E-state index in [0.29, 0.717) is 0 Å². The fourth-order valence-corrected chi connectivity index (χ4v) is 4.16. The first-order chi connectivity index (χ1) is 12.7. The summed E-state index contributed by atoms with van der Waals surface area (Å²) < 4.78 is 2.32. The number of benzene rings is 1. The maximum Gasteiger partial charge on any atom is 0.170 e. The second-order valence-electron chi connectivity index (χ2n) is 6.48. The molecule has 132 valence electrons. The van der Waals surface area contributed by atoms with E-state index >= 15 is 0 Å². The molecule has 3 aromatic rings. The monoisotopic (exact) mass is 362 g/mol. The molecule has 0 spiro atoms. The van der Waals surface area contributed by atoms with Gasteiger partial charge in [-0.15, -0.1) is 0 Å². The van der Waals surface area contributed by atoms with Gasteiger partial charge in [-0.3, -0.25) is 4.98 Å². The molecule has 3 heterocycles. The first kappa shape index (κ1) is 16.8.